The van der Waals surface area contributed by atoms with Crippen LogP contribution in [0.4, 0.5) is 4.39 Å². The maximum Gasteiger partial charge on any atom is 0.137 e. The fourth-order valence-corrected chi connectivity index (χ4v) is 2.63. The van der Waals surface area contributed by atoms with E-state index in [-0.39, 0.29) is 11.4 Å². The van der Waals surface area contributed by atoms with Gasteiger partial charge in [-0.15, -0.1) is 0 Å². The number of hydrogen-bond acceptors (Lipinski definition) is 3. The first-order chi connectivity index (χ1) is 9.83. The maximum absolute atomic E-state index is 14.1. The molecule has 0 amide bonds. The topological polar surface area (TPSA) is 24.9 Å². The molecule has 2 aromatic rings. The Bertz CT molecular complexity index is 609. The van der Waals surface area contributed by atoms with Gasteiger partial charge < -0.3 is 5.32 Å². The Kier molecular flexibility index (Phi) is 5.41. The third-order valence-electron chi connectivity index (χ3n) is 2.73. The zero-order chi connectivity index (χ0) is 15.5. The van der Waals surface area contributed by atoms with Gasteiger partial charge in [-0.2, -0.15) is 0 Å². The average Bonchev–Trinajstić information content (AvgIpc) is 2.41. The van der Waals surface area contributed by atoms with Gasteiger partial charge in [-0.25, -0.2) is 9.37 Å². The van der Waals surface area contributed by atoms with Crippen LogP contribution >= 0.6 is 27.7 Å². The molecule has 0 spiro atoms. The van der Waals surface area contributed by atoms with Crippen LogP contribution in [0.15, 0.2) is 50.9 Å². The minimum Gasteiger partial charge on any atom is -0.308 e. The van der Waals surface area contributed by atoms with E-state index in [1.807, 2.05) is 24.3 Å². The molecule has 0 radical (unpaired) electrons. The van der Waals surface area contributed by atoms with Crippen molar-refractivity contribution in [3.8, 4) is 0 Å². The SMILES string of the molecule is CC(C)(C)NCc1ccc(Sc2ccc(Br)cn2)c(F)c1. The van der Waals surface area contributed by atoms with Crippen molar-refractivity contribution in [1.29, 1.82) is 0 Å². The first-order valence-electron chi connectivity index (χ1n) is 6.66. The van der Waals surface area contributed by atoms with Crippen molar-refractivity contribution in [2.24, 2.45) is 0 Å². The Hall–Kier alpha value is -0.910. The van der Waals surface area contributed by atoms with E-state index < -0.39 is 0 Å². The molecule has 2 rings (SSSR count). The molecule has 0 aliphatic carbocycles. The molecule has 1 aromatic heterocycles. The molecular weight excluding hydrogens is 351 g/mol. The summed E-state index contributed by atoms with van der Waals surface area (Å²) in [5.74, 6) is -0.210. The quantitative estimate of drug-likeness (QED) is 0.819. The zero-order valence-electron chi connectivity index (χ0n) is 12.3. The molecule has 0 atom stereocenters. The highest BCUT2D eigenvalue weighted by molar-refractivity contribution is 9.10. The second kappa shape index (κ2) is 6.90. The highest BCUT2D eigenvalue weighted by Crippen LogP contribution is 2.29. The second-order valence-electron chi connectivity index (χ2n) is 5.79. The van der Waals surface area contributed by atoms with Crippen LogP contribution in [0.3, 0.4) is 0 Å². The molecule has 2 nitrogen and oxygen atoms in total. The van der Waals surface area contributed by atoms with Crippen LogP contribution in [0.5, 0.6) is 0 Å². The first kappa shape index (κ1) is 16.5. The lowest BCUT2D eigenvalue weighted by atomic mass is 10.1. The van der Waals surface area contributed by atoms with Crippen molar-refractivity contribution in [2.45, 2.75) is 42.8 Å². The van der Waals surface area contributed by atoms with Crippen LogP contribution in [0.25, 0.3) is 0 Å². The Balaban J connectivity index is 2.07. The molecule has 5 heteroatoms. The van der Waals surface area contributed by atoms with Crippen molar-refractivity contribution in [2.75, 3.05) is 0 Å². The van der Waals surface area contributed by atoms with Crippen LogP contribution in [-0.4, -0.2) is 10.5 Å². The standard InChI is InChI=1S/C16H18BrFN2S/c1-16(2,3)20-9-11-4-6-14(13(18)8-11)21-15-7-5-12(17)10-19-15/h4-8,10,20H,9H2,1-3H3. The minimum absolute atomic E-state index is 0.0191. The molecule has 0 unspecified atom stereocenters. The molecule has 0 saturated heterocycles. The maximum atomic E-state index is 14.1. The predicted octanol–water partition coefficient (Wildman–Crippen LogP) is 5.02. The molecule has 21 heavy (non-hydrogen) atoms. The van der Waals surface area contributed by atoms with Gasteiger partial charge in [0.1, 0.15) is 10.8 Å². The summed E-state index contributed by atoms with van der Waals surface area (Å²) in [4.78, 5) is 4.83. The van der Waals surface area contributed by atoms with E-state index in [0.717, 1.165) is 15.1 Å². The summed E-state index contributed by atoms with van der Waals surface area (Å²) in [7, 11) is 0. The summed E-state index contributed by atoms with van der Waals surface area (Å²) < 4.78 is 15.1. The second-order valence-corrected chi connectivity index (χ2v) is 7.76. The summed E-state index contributed by atoms with van der Waals surface area (Å²) in [6.45, 7) is 6.92. The molecule has 112 valence electrons. The molecule has 1 heterocycles. The largest absolute Gasteiger partial charge is 0.308 e. The van der Waals surface area contributed by atoms with Gasteiger partial charge in [0.15, 0.2) is 0 Å². The molecule has 0 saturated carbocycles. The molecular formula is C16H18BrFN2S. The van der Waals surface area contributed by atoms with E-state index in [1.54, 1.807) is 12.3 Å². The first-order valence-corrected chi connectivity index (χ1v) is 8.27. The molecule has 0 bridgehead atoms. The van der Waals surface area contributed by atoms with Crippen LogP contribution in [0.2, 0.25) is 0 Å². The highest BCUT2D eigenvalue weighted by atomic mass is 79.9. The van der Waals surface area contributed by atoms with Crippen molar-refractivity contribution in [3.05, 3.63) is 52.4 Å². The molecule has 1 aromatic carbocycles. The van der Waals surface area contributed by atoms with Crippen molar-refractivity contribution in [1.82, 2.24) is 10.3 Å². The van der Waals surface area contributed by atoms with Gasteiger partial charge in [-0.3, -0.25) is 0 Å². The third-order valence-corrected chi connectivity index (χ3v) is 4.20. The predicted molar refractivity (Wildman–Crippen MR) is 89.1 cm³/mol. The summed E-state index contributed by atoms with van der Waals surface area (Å²) in [6, 6.07) is 9.10. The fourth-order valence-electron chi connectivity index (χ4n) is 1.64. The Morgan fingerprint density at radius 2 is 2.00 bits per heavy atom. The van der Waals surface area contributed by atoms with E-state index in [1.165, 1.54) is 11.8 Å². The summed E-state index contributed by atoms with van der Waals surface area (Å²) >= 11 is 4.66. The van der Waals surface area contributed by atoms with Crippen molar-refractivity contribution < 1.29 is 4.39 Å². The normalized spacial score (nSPS) is 11.7. The van der Waals surface area contributed by atoms with Crippen LogP contribution in [-0.2, 0) is 6.54 Å². The van der Waals surface area contributed by atoms with Gasteiger partial charge in [0.05, 0.1) is 0 Å². The van der Waals surface area contributed by atoms with E-state index >= 15 is 0 Å². The van der Waals surface area contributed by atoms with Gasteiger partial charge in [-0.05, 0) is 66.5 Å². The van der Waals surface area contributed by atoms with E-state index in [4.69, 9.17) is 0 Å². The number of aromatic nitrogens is 1. The van der Waals surface area contributed by atoms with Gasteiger partial charge in [-0.1, -0.05) is 17.8 Å². The van der Waals surface area contributed by atoms with E-state index in [2.05, 4.69) is 47.0 Å². The van der Waals surface area contributed by atoms with Gasteiger partial charge in [0.25, 0.3) is 0 Å². The highest BCUT2D eigenvalue weighted by Gasteiger charge is 2.10. The molecule has 1 N–H and O–H groups in total. The Morgan fingerprint density at radius 1 is 1.24 bits per heavy atom. The number of hydrogen-bond donors (Lipinski definition) is 1. The van der Waals surface area contributed by atoms with E-state index in [0.29, 0.717) is 11.4 Å². The van der Waals surface area contributed by atoms with Crippen molar-refractivity contribution >= 4 is 27.7 Å². The van der Waals surface area contributed by atoms with Gasteiger partial charge >= 0.3 is 0 Å². The van der Waals surface area contributed by atoms with Crippen LogP contribution in [0, 0.1) is 5.82 Å². The van der Waals surface area contributed by atoms with Gasteiger partial charge in [0.2, 0.25) is 0 Å². The summed E-state index contributed by atoms with van der Waals surface area (Å²) in [5, 5.41) is 4.13. The third kappa shape index (κ3) is 5.41. The average molecular weight is 369 g/mol. The fraction of sp³-hybridized carbons (Fsp3) is 0.312. The summed E-state index contributed by atoms with van der Waals surface area (Å²) in [6.07, 6.45) is 1.71. The zero-order valence-corrected chi connectivity index (χ0v) is 14.7. The lowest BCUT2D eigenvalue weighted by molar-refractivity contribution is 0.423. The Morgan fingerprint density at radius 3 is 2.57 bits per heavy atom. The van der Waals surface area contributed by atoms with Crippen molar-refractivity contribution in [3.63, 3.8) is 0 Å². The van der Waals surface area contributed by atoms with Crippen LogP contribution in [0.1, 0.15) is 26.3 Å². The number of nitrogens with zero attached hydrogens (tertiary/aromatic N) is 1. The number of rotatable bonds is 4. The lowest BCUT2D eigenvalue weighted by Gasteiger charge is -2.20. The summed E-state index contributed by atoms with van der Waals surface area (Å²) in [5.41, 5.74) is 0.959. The minimum atomic E-state index is -0.210. The monoisotopic (exact) mass is 368 g/mol. The van der Waals surface area contributed by atoms with E-state index in [9.17, 15) is 4.39 Å². The molecule has 0 aliphatic rings. The smallest absolute Gasteiger partial charge is 0.137 e. The number of pyridine rings is 1. The molecule has 0 fully saturated rings. The Labute approximate surface area is 137 Å². The van der Waals surface area contributed by atoms with Crippen LogP contribution < -0.4 is 5.32 Å². The number of halogens is 2. The number of benzene rings is 1. The molecule has 0 aliphatic heterocycles. The van der Waals surface area contributed by atoms with Gasteiger partial charge in [0, 0.05) is 27.6 Å². The lowest BCUT2D eigenvalue weighted by Crippen LogP contribution is -2.35. The number of nitrogens with one attached hydrogen (secondary N) is 1.